The molecule has 0 aliphatic carbocycles. The Morgan fingerprint density at radius 2 is 2.03 bits per heavy atom. The Labute approximate surface area is 166 Å². The Balaban J connectivity index is 1.55. The number of amides is 2. The summed E-state index contributed by atoms with van der Waals surface area (Å²) in [4.78, 5) is 18.8. The van der Waals surface area contributed by atoms with E-state index in [2.05, 4.69) is 15.5 Å². The lowest BCUT2D eigenvalue weighted by atomic mass is 10.1. The number of likely N-dealkylation sites (tertiary alicyclic amines) is 1. The van der Waals surface area contributed by atoms with Gasteiger partial charge in [-0.15, -0.1) is 0 Å². The average Bonchev–Trinajstić information content (AvgIpc) is 3.34. The maximum Gasteiger partial charge on any atom is 0.322 e. The number of anilines is 1. The van der Waals surface area contributed by atoms with Crippen LogP contribution in [0, 0.1) is 25.5 Å². The van der Waals surface area contributed by atoms with Gasteiger partial charge in [-0.1, -0.05) is 17.3 Å². The number of urea groups is 1. The van der Waals surface area contributed by atoms with E-state index in [9.17, 15) is 13.6 Å². The number of nitrogens with zero attached hydrogens (tertiary/aromatic N) is 3. The maximum absolute atomic E-state index is 14.0. The van der Waals surface area contributed by atoms with Crippen molar-refractivity contribution in [2.24, 2.45) is 0 Å². The van der Waals surface area contributed by atoms with Gasteiger partial charge in [0.2, 0.25) is 11.7 Å². The van der Waals surface area contributed by atoms with Crippen LogP contribution < -0.4 is 5.32 Å². The monoisotopic (exact) mass is 398 g/mol. The van der Waals surface area contributed by atoms with E-state index in [-0.39, 0.29) is 23.3 Å². The minimum atomic E-state index is -0.770. The van der Waals surface area contributed by atoms with E-state index in [0.717, 1.165) is 35.4 Å². The van der Waals surface area contributed by atoms with Gasteiger partial charge in [-0.25, -0.2) is 13.6 Å². The Kier molecular flexibility index (Phi) is 5.00. The number of benzene rings is 2. The van der Waals surface area contributed by atoms with Crippen molar-refractivity contribution in [3.63, 3.8) is 0 Å². The zero-order valence-corrected chi connectivity index (χ0v) is 16.1. The van der Waals surface area contributed by atoms with E-state index >= 15 is 0 Å². The quantitative estimate of drug-likeness (QED) is 0.674. The van der Waals surface area contributed by atoms with E-state index < -0.39 is 17.7 Å². The standard InChI is InChI=1S/C21H20F2N4O2/c1-12-5-6-13(2)17(10-12)24-21(28)27-9-3-4-18(27)20-25-19(26-29-20)15-8-7-14(22)11-16(15)23/h5-8,10-11,18H,3-4,9H2,1-2H3,(H,24,28)/t18-/m1/s1. The van der Waals surface area contributed by atoms with Gasteiger partial charge in [0.25, 0.3) is 0 Å². The van der Waals surface area contributed by atoms with Crippen molar-refractivity contribution in [2.75, 3.05) is 11.9 Å². The summed E-state index contributed by atoms with van der Waals surface area (Å²) in [7, 11) is 0. The van der Waals surface area contributed by atoms with E-state index in [1.165, 1.54) is 6.07 Å². The number of aryl methyl sites for hydroxylation is 2. The second kappa shape index (κ2) is 7.62. The molecule has 0 bridgehead atoms. The Morgan fingerprint density at radius 1 is 1.21 bits per heavy atom. The normalized spacial score (nSPS) is 16.3. The molecule has 3 aromatic rings. The van der Waals surface area contributed by atoms with Crippen LogP contribution in [0.5, 0.6) is 0 Å². The third kappa shape index (κ3) is 3.83. The molecule has 2 amide bonds. The smallest absolute Gasteiger partial charge is 0.322 e. The SMILES string of the molecule is Cc1ccc(C)c(NC(=O)N2CCC[C@@H]2c2nc(-c3ccc(F)cc3F)no2)c1. The van der Waals surface area contributed by atoms with E-state index in [4.69, 9.17) is 4.52 Å². The number of rotatable bonds is 3. The summed E-state index contributed by atoms with van der Waals surface area (Å²) in [6, 6.07) is 8.36. The van der Waals surface area contributed by atoms with Crippen molar-refractivity contribution in [3.8, 4) is 11.4 Å². The van der Waals surface area contributed by atoms with Gasteiger partial charge in [0.15, 0.2) is 0 Å². The summed E-state index contributed by atoms with van der Waals surface area (Å²) in [5, 5.41) is 6.76. The van der Waals surface area contributed by atoms with Crippen molar-refractivity contribution < 1.29 is 18.1 Å². The molecule has 0 unspecified atom stereocenters. The van der Waals surface area contributed by atoms with Crippen LogP contribution in [0.15, 0.2) is 40.9 Å². The summed E-state index contributed by atoms with van der Waals surface area (Å²) < 4.78 is 32.5. The molecule has 1 aliphatic heterocycles. The second-order valence-corrected chi connectivity index (χ2v) is 7.18. The highest BCUT2D eigenvalue weighted by Gasteiger charge is 2.34. The topological polar surface area (TPSA) is 71.3 Å². The first-order chi connectivity index (χ1) is 13.9. The molecule has 8 heteroatoms. The fourth-order valence-electron chi connectivity index (χ4n) is 3.47. The summed E-state index contributed by atoms with van der Waals surface area (Å²) in [5.41, 5.74) is 2.81. The molecular weight excluding hydrogens is 378 g/mol. The fraction of sp³-hybridized carbons (Fsp3) is 0.286. The summed E-state index contributed by atoms with van der Waals surface area (Å²) in [6.45, 7) is 4.43. The van der Waals surface area contributed by atoms with Gasteiger partial charge in [0.1, 0.15) is 17.7 Å². The van der Waals surface area contributed by atoms with Crippen LogP contribution in [0.3, 0.4) is 0 Å². The molecule has 1 saturated heterocycles. The van der Waals surface area contributed by atoms with Crippen LogP contribution in [0.2, 0.25) is 0 Å². The van der Waals surface area contributed by atoms with Crippen LogP contribution in [-0.2, 0) is 0 Å². The predicted molar refractivity (Wildman–Crippen MR) is 103 cm³/mol. The largest absolute Gasteiger partial charge is 0.337 e. The Hall–Kier alpha value is -3.29. The second-order valence-electron chi connectivity index (χ2n) is 7.18. The zero-order valence-electron chi connectivity index (χ0n) is 16.1. The first kappa shape index (κ1) is 19.0. The Morgan fingerprint density at radius 3 is 2.83 bits per heavy atom. The molecule has 4 rings (SSSR count). The highest BCUT2D eigenvalue weighted by Crippen LogP contribution is 2.33. The summed E-state index contributed by atoms with van der Waals surface area (Å²) >= 11 is 0. The van der Waals surface area contributed by atoms with E-state index in [1.54, 1.807) is 4.90 Å². The molecule has 2 heterocycles. The lowest BCUT2D eigenvalue weighted by molar-refractivity contribution is 0.193. The average molecular weight is 398 g/mol. The molecule has 150 valence electrons. The first-order valence-corrected chi connectivity index (χ1v) is 9.36. The molecule has 1 fully saturated rings. The molecule has 1 N–H and O–H groups in total. The highest BCUT2D eigenvalue weighted by molar-refractivity contribution is 5.90. The number of carbonyl (C=O) groups excluding carboxylic acids is 1. The fourth-order valence-corrected chi connectivity index (χ4v) is 3.47. The van der Waals surface area contributed by atoms with Gasteiger partial charge in [0.05, 0.1) is 5.56 Å². The van der Waals surface area contributed by atoms with E-state index in [0.29, 0.717) is 13.0 Å². The van der Waals surface area contributed by atoms with Crippen molar-refractivity contribution in [1.29, 1.82) is 0 Å². The lowest BCUT2D eigenvalue weighted by Crippen LogP contribution is -2.34. The first-order valence-electron chi connectivity index (χ1n) is 9.36. The molecule has 1 aliphatic rings. The zero-order chi connectivity index (χ0) is 20.5. The van der Waals surface area contributed by atoms with Crippen LogP contribution in [-0.4, -0.2) is 27.6 Å². The summed E-state index contributed by atoms with van der Waals surface area (Å²) in [6.07, 6.45) is 1.45. The predicted octanol–water partition coefficient (Wildman–Crippen LogP) is 5.00. The molecule has 1 aromatic heterocycles. The highest BCUT2D eigenvalue weighted by atomic mass is 19.1. The molecule has 6 nitrogen and oxygen atoms in total. The number of aromatic nitrogens is 2. The number of hydrogen-bond acceptors (Lipinski definition) is 4. The van der Waals surface area contributed by atoms with Crippen LogP contribution >= 0.6 is 0 Å². The van der Waals surface area contributed by atoms with Crippen LogP contribution in [0.4, 0.5) is 19.3 Å². The molecule has 0 radical (unpaired) electrons. The lowest BCUT2D eigenvalue weighted by Gasteiger charge is -2.23. The maximum atomic E-state index is 14.0. The third-order valence-corrected chi connectivity index (χ3v) is 5.05. The number of hydrogen-bond donors (Lipinski definition) is 1. The molecule has 1 atom stereocenters. The molecule has 29 heavy (non-hydrogen) atoms. The molecule has 0 saturated carbocycles. The minimum absolute atomic E-state index is 0.0271. The van der Waals surface area contributed by atoms with Gasteiger partial charge in [-0.2, -0.15) is 4.98 Å². The van der Waals surface area contributed by atoms with Gasteiger partial charge in [0, 0.05) is 18.3 Å². The molecule has 0 spiro atoms. The van der Waals surface area contributed by atoms with Gasteiger partial charge < -0.3 is 14.7 Å². The van der Waals surface area contributed by atoms with Gasteiger partial charge in [-0.05, 0) is 56.0 Å². The minimum Gasteiger partial charge on any atom is -0.337 e. The van der Waals surface area contributed by atoms with Crippen molar-refractivity contribution >= 4 is 11.7 Å². The third-order valence-electron chi connectivity index (χ3n) is 5.05. The number of carbonyl (C=O) groups is 1. The van der Waals surface area contributed by atoms with Gasteiger partial charge in [-0.3, -0.25) is 0 Å². The van der Waals surface area contributed by atoms with Crippen LogP contribution in [0.1, 0.15) is 35.9 Å². The number of halogens is 2. The Bertz CT molecular complexity index is 1070. The molecule has 2 aromatic carbocycles. The van der Waals surface area contributed by atoms with Crippen molar-refractivity contribution in [2.45, 2.75) is 32.7 Å². The van der Waals surface area contributed by atoms with Crippen molar-refractivity contribution in [1.82, 2.24) is 15.0 Å². The molecular formula is C21H20F2N4O2. The van der Waals surface area contributed by atoms with Gasteiger partial charge >= 0.3 is 6.03 Å². The summed E-state index contributed by atoms with van der Waals surface area (Å²) in [5.74, 6) is -1.19. The number of nitrogens with one attached hydrogen (secondary N) is 1. The van der Waals surface area contributed by atoms with Crippen LogP contribution in [0.25, 0.3) is 11.4 Å². The van der Waals surface area contributed by atoms with E-state index in [1.807, 2.05) is 32.0 Å². The van der Waals surface area contributed by atoms with Crippen molar-refractivity contribution in [3.05, 3.63) is 65.1 Å².